The summed E-state index contributed by atoms with van der Waals surface area (Å²) in [6.45, 7) is 2.75. The summed E-state index contributed by atoms with van der Waals surface area (Å²) in [5.41, 5.74) is 6.18. The normalized spacial score (nSPS) is 12.8. The number of nitrogens with zero attached hydrogens (tertiary/aromatic N) is 2. The lowest BCUT2D eigenvalue weighted by molar-refractivity contribution is 0.0881. The number of nitrogens with two attached hydrogens (primary N) is 1. The van der Waals surface area contributed by atoms with Gasteiger partial charge in [0.25, 0.3) is 0 Å². The molecule has 0 bridgehead atoms. The molecular weight excluding hydrogens is 262 g/mol. The zero-order valence-electron chi connectivity index (χ0n) is 8.74. The van der Waals surface area contributed by atoms with E-state index in [1.807, 2.05) is 6.92 Å². The molecule has 1 atom stereocenters. The topological polar surface area (TPSA) is 70.1 Å². The monoisotopic (exact) mass is 275 g/mol. The van der Waals surface area contributed by atoms with Gasteiger partial charge in [0, 0.05) is 13.7 Å². The summed E-state index contributed by atoms with van der Waals surface area (Å²) >= 11 is 3.28. The first-order chi connectivity index (χ1) is 7.11. The molecular formula is C9H14BrN3O2. The molecule has 0 saturated carbocycles. The molecule has 15 heavy (non-hydrogen) atoms. The van der Waals surface area contributed by atoms with Crippen LogP contribution in [0.3, 0.4) is 0 Å². The maximum Gasteiger partial charge on any atom is 0.200 e. The Labute approximate surface area is 96.7 Å². The van der Waals surface area contributed by atoms with Crippen molar-refractivity contribution < 1.29 is 9.53 Å². The van der Waals surface area contributed by atoms with Crippen LogP contribution in [0.15, 0.2) is 10.7 Å². The van der Waals surface area contributed by atoms with Crippen LogP contribution in [0.1, 0.15) is 17.4 Å². The van der Waals surface area contributed by atoms with Crippen molar-refractivity contribution in [2.75, 3.05) is 13.7 Å². The molecule has 1 unspecified atom stereocenters. The van der Waals surface area contributed by atoms with Crippen molar-refractivity contribution in [3.8, 4) is 0 Å². The molecule has 0 aliphatic heterocycles. The molecule has 0 amide bonds. The minimum absolute atomic E-state index is 0.164. The number of rotatable bonds is 5. The van der Waals surface area contributed by atoms with Crippen molar-refractivity contribution in [3.63, 3.8) is 0 Å². The minimum atomic E-state index is -0.645. The number of carbonyl (C=O) groups is 1. The molecule has 0 aromatic carbocycles. The molecule has 0 fully saturated rings. The number of ketones is 1. The zero-order chi connectivity index (χ0) is 11.4. The number of Topliss-reactive ketones (excluding diaryl/α,β-unsaturated/α-hetero) is 1. The fourth-order valence-electron chi connectivity index (χ4n) is 1.28. The smallest absolute Gasteiger partial charge is 0.200 e. The Hall–Kier alpha value is -0.720. The second-order valence-electron chi connectivity index (χ2n) is 3.08. The maximum absolute atomic E-state index is 11.9. The van der Waals surface area contributed by atoms with E-state index in [2.05, 4.69) is 21.0 Å². The number of carbonyl (C=O) groups excluding carboxylic acids is 1. The average Bonchev–Trinajstić information content (AvgIpc) is 2.58. The summed E-state index contributed by atoms with van der Waals surface area (Å²) in [5.74, 6) is -0.164. The minimum Gasteiger partial charge on any atom is -0.383 e. The quantitative estimate of drug-likeness (QED) is 0.808. The van der Waals surface area contributed by atoms with E-state index in [-0.39, 0.29) is 12.4 Å². The molecule has 84 valence electrons. The summed E-state index contributed by atoms with van der Waals surface area (Å²) in [5, 5.41) is 4.05. The zero-order valence-corrected chi connectivity index (χ0v) is 10.3. The molecule has 1 heterocycles. The molecule has 0 radical (unpaired) electrons. The number of aromatic nitrogens is 2. The highest BCUT2D eigenvalue weighted by Crippen LogP contribution is 2.17. The third kappa shape index (κ3) is 2.64. The predicted molar refractivity (Wildman–Crippen MR) is 59.8 cm³/mol. The lowest BCUT2D eigenvalue weighted by atomic mass is 10.1. The van der Waals surface area contributed by atoms with Gasteiger partial charge >= 0.3 is 0 Å². The van der Waals surface area contributed by atoms with E-state index in [0.717, 1.165) is 0 Å². The summed E-state index contributed by atoms with van der Waals surface area (Å²) in [6.07, 6.45) is 1.59. The van der Waals surface area contributed by atoms with Gasteiger partial charge in [0.2, 0.25) is 5.78 Å². The van der Waals surface area contributed by atoms with E-state index in [1.54, 1.807) is 10.9 Å². The van der Waals surface area contributed by atoms with Crippen LogP contribution in [0.4, 0.5) is 0 Å². The Morgan fingerprint density at radius 3 is 3.00 bits per heavy atom. The van der Waals surface area contributed by atoms with E-state index in [9.17, 15) is 4.79 Å². The molecule has 2 N–H and O–H groups in total. The van der Waals surface area contributed by atoms with Crippen molar-refractivity contribution in [2.45, 2.75) is 19.5 Å². The Kier molecular flexibility index (Phi) is 4.44. The van der Waals surface area contributed by atoms with Gasteiger partial charge in [-0.05, 0) is 22.9 Å². The molecule has 0 spiro atoms. The number of halogens is 1. The van der Waals surface area contributed by atoms with Gasteiger partial charge in [-0.1, -0.05) is 0 Å². The molecule has 1 aromatic rings. The Morgan fingerprint density at radius 1 is 1.80 bits per heavy atom. The van der Waals surface area contributed by atoms with Crippen molar-refractivity contribution in [1.29, 1.82) is 0 Å². The number of hydrogen-bond acceptors (Lipinski definition) is 4. The van der Waals surface area contributed by atoms with Crippen LogP contribution in [0, 0.1) is 0 Å². The fourth-order valence-corrected chi connectivity index (χ4v) is 1.77. The van der Waals surface area contributed by atoms with Crippen LogP contribution in [-0.4, -0.2) is 35.3 Å². The third-order valence-electron chi connectivity index (χ3n) is 2.01. The van der Waals surface area contributed by atoms with Crippen LogP contribution in [0.25, 0.3) is 0 Å². The van der Waals surface area contributed by atoms with Crippen molar-refractivity contribution in [2.24, 2.45) is 5.73 Å². The summed E-state index contributed by atoms with van der Waals surface area (Å²) in [4.78, 5) is 11.9. The highest BCUT2D eigenvalue weighted by Gasteiger charge is 2.22. The fraction of sp³-hybridized carbons (Fsp3) is 0.556. The van der Waals surface area contributed by atoms with Crippen LogP contribution < -0.4 is 5.73 Å². The summed E-state index contributed by atoms with van der Waals surface area (Å²) < 4.78 is 7.13. The maximum atomic E-state index is 11.9. The number of methoxy groups -OCH3 is 1. The molecule has 0 saturated heterocycles. The average molecular weight is 276 g/mol. The number of hydrogen-bond donors (Lipinski definition) is 1. The highest BCUT2D eigenvalue weighted by molar-refractivity contribution is 9.10. The van der Waals surface area contributed by atoms with Gasteiger partial charge in [0.05, 0.1) is 23.3 Å². The first-order valence-corrected chi connectivity index (χ1v) is 5.41. The van der Waals surface area contributed by atoms with E-state index in [4.69, 9.17) is 10.5 Å². The van der Waals surface area contributed by atoms with Crippen molar-refractivity contribution in [3.05, 3.63) is 16.4 Å². The van der Waals surface area contributed by atoms with E-state index in [0.29, 0.717) is 16.7 Å². The van der Waals surface area contributed by atoms with E-state index in [1.165, 1.54) is 7.11 Å². The van der Waals surface area contributed by atoms with Crippen molar-refractivity contribution >= 4 is 21.7 Å². The second kappa shape index (κ2) is 5.39. The first kappa shape index (κ1) is 12.4. The second-order valence-corrected chi connectivity index (χ2v) is 3.94. The van der Waals surface area contributed by atoms with Crippen LogP contribution >= 0.6 is 15.9 Å². The lowest BCUT2D eigenvalue weighted by Gasteiger charge is -2.10. The van der Waals surface area contributed by atoms with Gasteiger partial charge in [-0.25, -0.2) is 0 Å². The van der Waals surface area contributed by atoms with Crippen LogP contribution in [0.2, 0.25) is 0 Å². The summed E-state index contributed by atoms with van der Waals surface area (Å²) in [7, 11) is 1.51. The Balaban J connectivity index is 2.94. The van der Waals surface area contributed by atoms with Gasteiger partial charge in [0.1, 0.15) is 5.69 Å². The Morgan fingerprint density at radius 2 is 2.47 bits per heavy atom. The molecule has 1 aromatic heterocycles. The highest BCUT2D eigenvalue weighted by atomic mass is 79.9. The van der Waals surface area contributed by atoms with Gasteiger partial charge < -0.3 is 10.5 Å². The van der Waals surface area contributed by atoms with Gasteiger partial charge in [-0.15, -0.1) is 0 Å². The third-order valence-corrected chi connectivity index (χ3v) is 2.59. The molecule has 5 nitrogen and oxygen atoms in total. The molecule has 6 heteroatoms. The first-order valence-electron chi connectivity index (χ1n) is 4.61. The van der Waals surface area contributed by atoms with E-state index < -0.39 is 6.04 Å². The van der Waals surface area contributed by atoms with Gasteiger partial charge in [0.15, 0.2) is 0 Å². The SMILES string of the molecule is CCn1ncc(Br)c1C(=O)C(N)COC. The van der Waals surface area contributed by atoms with Crippen LogP contribution in [-0.2, 0) is 11.3 Å². The van der Waals surface area contributed by atoms with E-state index >= 15 is 0 Å². The van der Waals surface area contributed by atoms with Crippen LogP contribution in [0.5, 0.6) is 0 Å². The Bertz CT molecular complexity index is 351. The van der Waals surface area contributed by atoms with Gasteiger partial charge in [-0.3, -0.25) is 9.48 Å². The number of aryl methyl sites for hydroxylation is 1. The largest absolute Gasteiger partial charge is 0.383 e. The molecule has 0 aliphatic carbocycles. The van der Waals surface area contributed by atoms with Crippen molar-refractivity contribution in [1.82, 2.24) is 9.78 Å². The molecule has 0 aliphatic rings. The molecule has 1 rings (SSSR count). The standard InChI is InChI=1S/C9H14BrN3O2/c1-3-13-8(6(10)4-12-13)9(14)7(11)5-15-2/h4,7H,3,5,11H2,1-2H3. The van der Waals surface area contributed by atoms with Gasteiger partial charge in [-0.2, -0.15) is 5.10 Å². The predicted octanol–water partition coefficient (Wildman–Crippen LogP) is 0.822. The lowest BCUT2D eigenvalue weighted by Crippen LogP contribution is -2.36. The summed E-state index contributed by atoms with van der Waals surface area (Å²) in [6, 6.07) is -0.645. The number of ether oxygens (including phenoxy) is 1.